The zero-order valence-corrected chi connectivity index (χ0v) is 91.5. The van der Waals surface area contributed by atoms with Crippen molar-refractivity contribution in [3.8, 4) is 39.8 Å². The Morgan fingerprint density at radius 3 is 0.718 bits per heavy atom. The molecule has 0 radical (unpaired) electrons. The number of carbonyl (C=O) groups excluding carboxylic acids is 7. The van der Waals surface area contributed by atoms with E-state index in [1.807, 2.05) is 247 Å². The van der Waals surface area contributed by atoms with Gasteiger partial charge in [0.25, 0.3) is 0 Å². The van der Waals surface area contributed by atoms with Gasteiger partial charge < -0.3 is 36.9 Å². The Morgan fingerprint density at radius 2 is 0.490 bits per heavy atom. The van der Waals surface area contributed by atoms with Crippen LogP contribution in [-0.4, -0.2) is 148 Å². The van der Waals surface area contributed by atoms with Crippen LogP contribution in [0, 0.1) is 149 Å². The van der Waals surface area contributed by atoms with Crippen molar-refractivity contribution in [3.05, 3.63) is 408 Å². The molecule has 149 heavy (non-hydrogen) atoms. The zero-order valence-electron chi connectivity index (χ0n) is 91.5. The van der Waals surface area contributed by atoms with E-state index < -0.39 is 0 Å². The summed E-state index contributed by atoms with van der Waals surface area (Å²) in [5.74, 6) is 0.239. The fourth-order valence-electron chi connectivity index (χ4n) is 18.5. The minimum absolute atomic E-state index is 0.0939. The first-order valence-electron chi connectivity index (χ1n) is 51.0. The number of ketones is 7. The van der Waals surface area contributed by atoms with Crippen molar-refractivity contribution in [3.63, 3.8) is 0 Å². The van der Waals surface area contributed by atoms with Gasteiger partial charge in [-0.2, -0.15) is 0 Å². The highest BCUT2D eigenvalue weighted by Crippen LogP contribution is 2.32. The normalized spacial score (nSPS) is 11.1. The largest absolute Gasteiger partial charge is 0.318 e. The topological polar surface area (TPSA) is 164 Å². The number of Topliss-reactive ketones (excluding diaryl/α,β-unsaturated/α-hetero) is 7. The molecule has 24 heteroatoms. The van der Waals surface area contributed by atoms with E-state index >= 15 is 0 Å². The molecular formula is C125H147F7N10O7. The molecule has 0 bridgehead atoms. The van der Waals surface area contributed by atoms with Gasteiger partial charge in [-0.1, -0.05) is 78.3 Å². The first-order chi connectivity index (χ1) is 70.5. The maximum absolute atomic E-state index is 13.1. The van der Waals surface area contributed by atoms with Gasteiger partial charge in [-0.25, -0.2) is 30.7 Å². The van der Waals surface area contributed by atoms with Gasteiger partial charge in [-0.15, -0.1) is 0 Å². The summed E-state index contributed by atoms with van der Waals surface area (Å²) < 4.78 is 105. The Balaban J connectivity index is 0.000000193. The van der Waals surface area contributed by atoms with Crippen LogP contribution >= 0.6 is 0 Å². The maximum atomic E-state index is 13.1. The second kappa shape index (κ2) is 55.2. The number of hydrogen-bond acceptors (Lipinski definition) is 10. The summed E-state index contributed by atoms with van der Waals surface area (Å²) >= 11 is 0. The molecule has 0 N–H and O–H groups in total. The van der Waals surface area contributed by atoms with Gasteiger partial charge >= 0.3 is 0 Å². The molecule has 0 saturated heterocycles. The third-order valence-corrected chi connectivity index (χ3v) is 26.2. The van der Waals surface area contributed by atoms with Gasteiger partial charge in [0.1, 0.15) is 40.7 Å². The average Bonchev–Trinajstić information content (AvgIpc) is 1.69. The number of carbonyl (C=O) groups is 7. The summed E-state index contributed by atoms with van der Waals surface area (Å²) in [6.07, 6.45) is 6.63. The van der Waals surface area contributed by atoms with E-state index in [1.165, 1.54) is 84.9 Å². The first kappa shape index (κ1) is 118. The highest BCUT2D eigenvalue weighted by molar-refractivity contribution is 6.02. The van der Waals surface area contributed by atoms with Crippen LogP contribution in [0.25, 0.3) is 39.8 Å². The fraction of sp³-hybridized carbons (Fsp3) is 0.336. The number of benzene rings is 8. The van der Waals surface area contributed by atoms with Gasteiger partial charge in [0, 0.05) is 197 Å². The highest BCUT2D eigenvalue weighted by atomic mass is 19.2. The summed E-state index contributed by atoms with van der Waals surface area (Å²) in [7, 11) is 7.66. The minimum atomic E-state index is -0.264. The van der Waals surface area contributed by atoms with Crippen LogP contribution in [0.5, 0.6) is 0 Å². The van der Waals surface area contributed by atoms with E-state index in [2.05, 4.69) is 53.4 Å². The molecule has 7 heterocycles. The van der Waals surface area contributed by atoms with Crippen LogP contribution in [-0.2, 0) is 6.42 Å². The zero-order chi connectivity index (χ0) is 110. The van der Waals surface area contributed by atoms with Crippen molar-refractivity contribution in [1.29, 1.82) is 0 Å². The molecule has 0 amide bonds. The van der Waals surface area contributed by atoms with Crippen molar-refractivity contribution in [2.45, 2.75) is 216 Å². The van der Waals surface area contributed by atoms with Crippen LogP contribution in [0.3, 0.4) is 0 Å². The SMILES string of the molecule is CCCC(=O)c1cc(C)n(-c2ccc(F)cc2)c1C.CCCCC(=O)c1cc(C)n(-c2ccc(F)cc2)c1C.Cc1cc(C(=O)CCC(C)C)c(C)n1-c1ccc(F)cc1.Cc1cc(C(=O)CCc2ccccc2)c(C)n1-c1ccc(F)cc1.Cc1cc(C(=O)CN(C)C(C)C)c(C)n1-c1ccc(F)cc1.Cc1cc(C(=O)CN(C)C)c(C)n1-c1ccc(F)cc1.Cc1cc(C(=O)CN(C)CC(C)C)c(C)n1-c1ccc(F)cc1. The minimum Gasteiger partial charge on any atom is -0.318 e. The maximum Gasteiger partial charge on any atom is 0.178 e. The van der Waals surface area contributed by atoms with E-state index in [0.717, 1.165) is 203 Å². The molecule has 0 saturated carbocycles. The van der Waals surface area contributed by atoms with Crippen molar-refractivity contribution in [2.24, 2.45) is 11.8 Å². The Labute approximate surface area is 876 Å². The molecule has 0 aliphatic rings. The second-order valence-electron chi connectivity index (χ2n) is 39.7. The lowest BCUT2D eigenvalue weighted by atomic mass is 10.0. The molecule has 7 aromatic heterocycles. The van der Waals surface area contributed by atoms with E-state index in [1.54, 1.807) is 84.9 Å². The van der Waals surface area contributed by atoms with E-state index in [-0.39, 0.29) is 81.2 Å². The molecule has 15 aromatic rings. The lowest BCUT2D eigenvalue weighted by Gasteiger charge is -2.19. The molecule has 17 nitrogen and oxygen atoms in total. The number of halogens is 7. The monoisotopic (exact) mass is 2030 g/mol. The van der Waals surface area contributed by atoms with E-state index in [0.29, 0.717) is 63.2 Å². The van der Waals surface area contributed by atoms with Crippen molar-refractivity contribution in [1.82, 2.24) is 46.7 Å². The standard InChI is InChI=1S/C21H20FNO.C19H25FN2O.C18H23FN2O.C18H22FNO.C17H20FNO.C16H19FN2O.C16H18FNO/c1-15-14-20(21(24)13-8-17-6-4-3-5-7-17)16(2)23(15)19-11-9-18(22)10-12-19;1-13(2)11-21(5)12-19(23)18-10-14(3)22(15(18)4)17-8-6-16(20)7-9-17;1-12(2)20(5)11-18(22)17-10-13(3)21(14(17)4)16-8-6-15(19)7-9-16;1-12(2)5-10-18(21)17-11-13(3)20(14(17)4)16-8-6-15(19)7-9-16;1-4-5-6-17(20)16-11-12(2)19(13(16)3)15-9-7-14(18)8-10-15;1-11-9-15(16(20)10-18(3)4)12(2)19(11)14-7-5-13(17)6-8-14;1-4-5-16(19)15-10-11(2)18(12(15)3)14-8-6-13(17)7-9-14/h3-7,9-12,14H,8,13H2,1-2H3;6-10,13H,11-12H2,1-5H3;6-10,12H,11H2,1-5H3;6-9,11-12H,5,10H2,1-4H3;7-11H,4-6H2,1-3H3;5-9H,10H2,1-4H3;6-10H,4-5H2,1-3H3. The lowest BCUT2D eigenvalue weighted by molar-refractivity contribution is 0.0924. The van der Waals surface area contributed by atoms with Crippen molar-refractivity contribution in [2.75, 3.05) is 54.4 Å². The Hall–Kier alpha value is -14.2. The molecule has 0 aliphatic carbocycles. The summed E-state index contributed by atoms with van der Waals surface area (Å²) in [6.45, 7) is 46.1. The van der Waals surface area contributed by atoms with Gasteiger partial charge in [0.2, 0.25) is 0 Å². The Morgan fingerprint density at radius 1 is 0.262 bits per heavy atom. The van der Waals surface area contributed by atoms with Crippen LogP contribution in [0.15, 0.2) is 243 Å². The fourth-order valence-corrected chi connectivity index (χ4v) is 18.5. The molecule has 0 aliphatic heterocycles. The predicted molar refractivity (Wildman–Crippen MR) is 589 cm³/mol. The number of nitrogens with zero attached hydrogens (tertiary/aromatic N) is 10. The number of rotatable bonds is 34. The summed E-state index contributed by atoms with van der Waals surface area (Å²) in [6, 6.07) is 68.0. The molecule has 0 spiro atoms. The number of unbranched alkanes of at least 4 members (excludes halogenated alkanes) is 1. The number of aromatic nitrogens is 7. The molecule has 788 valence electrons. The van der Waals surface area contributed by atoms with Crippen molar-refractivity contribution >= 4 is 40.5 Å². The van der Waals surface area contributed by atoms with Crippen LogP contribution in [0.2, 0.25) is 0 Å². The van der Waals surface area contributed by atoms with Crippen LogP contribution < -0.4 is 0 Å². The molecule has 0 unspecified atom stereocenters. The summed E-state index contributed by atoms with van der Waals surface area (Å²) in [5.41, 5.74) is 25.8. The van der Waals surface area contributed by atoms with E-state index in [4.69, 9.17) is 0 Å². The third kappa shape index (κ3) is 32.2. The molecule has 0 fully saturated rings. The van der Waals surface area contributed by atoms with Crippen molar-refractivity contribution < 1.29 is 64.3 Å². The molecule has 0 atom stereocenters. The number of likely N-dealkylation sites (N-methyl/N-ethyl adjacent to an activating group) is 3. The molecular weight excluding hydrogens is 1890 g/mol. The first-order valence-corrected chi connectivity index (χ1v) is 51.0. The third-order valence-electron chi connectivity index (χ3n) is 26.2. The van der Waals surface area contributed by atoms with Gasteiger partial charge in [0.05, 0.1) is 19.6 Å². The highest BCUT2D eigenvalue weighted by Gasteiger charge is 2.26. The Bertz CT molecular complexity index is 7030. The summed E-state index contributed by atoms with van der Waals surface area (Å²) in [4.78, 5) is 92.5. The molecule has 15 rings (SSSR count). The quantitative estimate of drug-likeness (QED) is 0.0280. The van der Waals surface area contributed by atoms with Crippen LogP contribution in [0.1, 0.15) is 265 Å². The van der Waals surface area contributed by atoms with Gasteiger partial charge in [-0.05, 0) is 394 Å². The smallest absolute Gasteiger partial charge is 0.178 e. The predicted octanol–water partition coefficient (Wildman–Crippen LogP) is 29.5. The average molecular weight is 2030 g/mol. The lowest BCUT2D eigenvalue weighted by Crippen LogP contribution is -2.32. The second-order valence-corrected chi connectivity index (χ2v) is 39.7. The number of aryl methyl sites for hydroxylation is 8. The van der Waals surface area contributed by atoms with Crippen LogP contribution in [0.4, 0.5) is 30.7 Å². The molecule has 8 aromatic carbocycles. The summed E-state index contributed by atoms with van der Waals surface area (Å²) in [5, 5.41) is 0. The number of hydrogen-bond donors (Lipinski definition) is 0. The Kier molecular flexibility index (Phi) is 43.8. The van der Waals surface area contributed by atoms with E-state index in [9.17, 15) is 64.3 Å². The van der Waals surface area contributed by atoms with Gasteiger partial charge in [0.15, 0.2) is 40.5 Å². The van der Waals surface area contributed by atoms with Gasteiger partial charge in [-0.3, -0.25) is 43.4 Å².